The molecule has 0 radical (unpaired) electrons. The molecule has 1 saturated heterocycles. The van der Waals surface area contributed by atoms with Gasteiger partial charge in [-0.15, -0.1) is 0 Å². The molecule has 194 valence electrons. The van der Waals surface area contributed by atoms with Gasteiger partial charge in [-0.2, -0.15) is 0 Å². The summed E-state index contributed by atoms with van der Waals surface area (Å²) < 4.78 is 50.4. The molecule has 0 aromatic carbocycles. The van der Waals surface area contributed by atoms with E-state index >= 15 is 0 Å². The van der Waals surface area contributed by atoms with E-state index in [2.05, 4.69) is 4.74 Å². The predicted octanol–water partition coefficient (Wildman–Crippen LogP) is 0.768. The van der Waals surface area contributed by atoms with Crippen LogP contribution in [0, 0.1) is 0 Å². The third-order valence-electron chi connectivity index (χ3n) is 4.51. The van der Waals surface area contributed by atoms with E-state index in [0.29, 0.717) is 0 Å². The first kappa shape index (κ1) is 29.2. The highest BCUT2D eigenvalue weighted by Gasteiger charge is 2.52. The van der Waals surface area contributed by atoms with Crippen LogP contribution in [0.1, 0.15) is 47.0 Å². The van der Waals surface area contributed by atoms with Gasteiger partial charge >= 0.3 is 29.8 Å². The van der Waals surface area contributed by atoms with E-state index in [-0.39, 0.29) is 26.1 Å². The van der Waals surface area contributed by atoms with Crippen molar-refractivity contribution in [2.75, 3.05) is 20.3 Å². The second kappa shape index (κ2) is 14.5. The van der Waals surface area contributed by atoms with Crippen LogP contribution in [0.15, 0.2) is 0 Å². The molecule has 0 bridgehead atoms. The molecule has 1 aliphatic heterocycles. The highest BCUT2D eigenvalue weighted by atomic mass is 19.1. The van der Waals surface area contributed by atoms with Crippen molar-refractivity contribution in [3.63, 3.8) is 0 Å². The average Bonchev–Trinajstić information content (AvgIpc) is 2.72. The zero-order valence-corrected chi connectivity index (χ0v) is 19.8. The smallest absolute Gasteiger partial charge is 0.308 e. The van der Waals surface area contributed by atoms with Gasteiger partial charge in [-0.05, 0) is 12.8 Å². The van der Waals surface area contributed by atoms with Crippen molar-refractivity contribution < 1.29 is 61.5 Å². The molecule has 13 heteroatoms. The molecule has 12 nitrogen and oxygen atoms in total. The quantitative estimate of drug-likeness (QED) is 0.214. The van der Waals surface area contributed by atoms with Crippen LogP contribution in [0.3, 0.4) is 0 Å². The number of hydrogen-bond acceptors (Lipinski definition) is 12. The number of halogens is 1. The largest absolute Gasteiger partial charge is 0.469 e. The third-order valence-corrected chi connectivity index (χ3v) is 4.51. The number of rotatable bonds is 12. The van der Waals surface area contributed by atoms with Crippen molar-refractivity contribution in [2.45, 2.75) is 83.8 Å². The number of alkyl halides is 1. The summed E-state index contributed by atoms with van der Waals surface area (Å²) >= 11 is 0. The van der Waals surface area contributed by atoms with Crippen LogP contribution in [0.2, 0.25) is 0 Å². The number of hydrogen-bond donors (Lipinski definition) is 0. The minimum atomic E-state index is -1.45. The molecule has 1 heterocycles. The summed E-state index contributed by atoms with van der Waals surface area (Å²) in [6.07, 6.45) is -8.19. The van der Waals surface area contributed by atoms with Crippen molar-refractivity contribution in [1.29, 1.82) is 0 Å². The van der Waals surface area contributed by atoms with E-state index in [9.17, 15) is 28.4 Å². The Morgan fingerprint density at radius 3 is 1.94 bits per heavy atom. The van der Waals surface area contributed by atoms with Gasteiger partial charge in [-0.3, -0.25) is 24.0 Å². The van der Waals surface area contributed by atoms with Gasteiger partial charge in [0.2, 0.25) is 0 Å². The normalized spacial score (nSPS) is 24.9. The zero-order valence-electron chi connectivity index (χ0n) is 19.8. The monoisotopic (exact) mass is 494 g/mol. The molecular formula is C21H31FO12. The molecule has 2 unspecified atom stereocenters. The molecule has 1 fully saturated rings. The lowest BCUT2D eigenvalue weighted by molar-refractivity contribution is -0.308. The fraction of sp³-hybridized carbons (Fsp3) is 0.762. The van der Waals surface area contributed by atoms with Gasteiger partial charge in [0.1, 0.15) is 18.9 Å². The fourth-order valence-corrected chi connectivity index (χ4v) is 3.19. The molecule has 0 saturated carbocycles. The van der Waals surface area contributed by atoms with Crippen molar-refractivity contribution in [3.05, 3.63) is 0 Å². The summed E-state index contributed by atoms with van der Waals surface area (Å²) in [5, 5.41) is 0. The number of esters is 5. The summed E-state index contributed by atoms with van der Waals surface area (Å²) in [7, 11) is 1.16. The average molecular weight is 494 g/mol. The number of ether oxygens (including phenoxy) is 7. The Kier molecular flexibility index (Phi) is 12.4. The van der Waals surface area contributed by atoms with Crippen molar-refractivity contribution in [3.8, 4) is 0 Å². The minimum absolute atomic E-state index is 0.0274. The van der Waals surface area contributed by atoms with Crippen molar-refractivity contribution >= 4 is 29.8 Å². The number of carbonyl (C=O) groups excluding carboxylic acids is 5. The Labute approximate surface area is 196 Å². The minimum Gasteiger partial charge on any atom is -0.469 e. The molecule has 0 amide bonds. The maximum Gasteiger partial charge on any atom is 0.308 e. The Bertz CT molecular complexity index is 727. The molecule has 34 heavy (non-hydrogen) atoms. The Balaban J connectivity index is 3.04. The lowest BCUT2D eigenvalue weighted by Crippen LogP contribution is -2.63. The van der Waals surface area contributed by atoms with Crippen LogP contribution >= 0.6 is 0 Å². The lowest BCUT2D eigenvalue weighted by Gasteiger charge is -2.44. The maximum absolute atomic E-state index is 13.9. The van der Waals surface area contributed by atoms with Gasteiger partial charge < -0.3 is 33.2 Å². The summed E-state index contributed by atoms with van der Waals surface area (Å²) in [5.41, 5.74) is 0. The first-order valence-corrected chi connectivity index (χ1v) is 10.6. The van der Waals surface area contributed by atoms with Crippen LogP contribution in [-0.2, 0) is 57.1 Å². The summed E-state index contributed by atoms with van der Waals surface area (Å²) in [6.45, 7) is 4.00. The highest BCUT2D eigenvalue weighted by Crippen LogP contribution is 2.30. The van der Waals surface area contributed by atoms with E-state index in [0.717, 1.165) is 34.8 Å². The third kappa shape index (κ3) is 10.4. The van der Waals surface area contributed by atoms with E-state index in [1.165, 1.54) is 0 Å². The topological polar surface area (TPSA) is 150 Å². The van der Waals surface area contributed by atoms with Crippen LogP contribution < -0.4 is 0 Å². The summed E-state index contributed by atoms with van der Waals surface area (Å²) in [4.78, 5) is 57.6. The summed E-state index contributed by atoms with van der Waals surface area (Å²) in [6, 6.07) is 0. The van der Waals surface area contributed by atoms with E-state index in [1.807, 2.05) is 0 Å². The molecule has 1 aliphatic rings. The van der Waals surface area contributed by atoms with Crippen molar-refractivity contribution in [1.82, 2.24) is 0 Å². The van der Waals surface area contributed by atoms with E-state index in [1.54, 1.807) is 0 Å². The molecule has 0 aromatic rings. The van der Waals surface area contributed by atoms with Crippen LogP contribution in [0.25, 0.3) is 0 Å². The molecule has 0 N–H and O–H groups in total. The van der Waals surface area contributed by atoms with Gasteiger partial charge in [-0.25, -0.2) is 4.39 Å². The second-order valence-electron chi connectivity index (χ2n) is 7.46. The fourth-order valence-electron chi connectivity index (χ4n) is 3.19. The Morgan fingerprint density at radius 2 is 1.41 bits per heavy atom. The maximum atomic E-state index is 13.9. The van der Waals surface area contributed by atoms with Gasteiger partial charge in [-0.1, -0.05) is 0 Å². The molecule has 1 rings (SSSR count). The van der Waals surface area contributed by atoms with Gasteiger partial charge in [0, 0.05) is 27.7 Å². The first-order chi connectivity index (χ1) is 15.9. The van der Waals surface area contributed by atoms with Crippen LogP contribution in [0.4, 0.5) is 4.39 Å². The molecule has 0 spiro atoms. The van der Waals surface area contributed by atoms with Crippen molar-refractivity contribution in [2.24, 2.45) is 0 Å². The molecule has 6 atom stereocenters. The zero-order chi connectivity index (χ0) is 25.8. The molecule has 0 aliphatic carbocycles. The highest BCUT2D eigenvalue weighted by molar-refractivity contribution is 5.70. The van der Waals surface area contributed by atoms with Gasteiger partial charge in [0.25, 0.3) is 0 Å². The Hall–Kier alpha value is -2.80. The van der Waals surface area contributed by atoms with E-state index < -0.39 is 73.1 Å². The Morgan fingerprint density at radius 1 is 0.853 bits per heavy atom. The lowest BCUT2D eigenvalue weighted by atomic mass is 9.98. The predicted molar refractivity (Wildman–Crippen MR) is 109 cm³/mol. The number of carbonyl (C=O) groups is 5. The van der Waals surface area contributed by atoms with E-state index in [4.69, 9.17) is 28.4 Å². The van der Waals surface area contributed by atoms with Crippen LogP contribution in [0.5, 0.6) is 0 Å². The summed E-state index contributed by atoms with van der Waals surface area (Å²) in [5.74, 6) is -3.61. The SMILES string of the molecule is COC(=O)CC(F)CCCO[C@H]1O[C@H](COC(C)=O)[C@H](OC(C)=O)C(OC(C)=O)[C@H]1OC(C)=O. The van der Waals surface area contributed by atoms with Gasteiger partial charge in [0.15, 0.2) is 24.6 Å². The van der Waals surface area contributed by atoms with Gasteiger partial charge in [0.05, 0.1) is 20.1 Å². The standard InChI is InChI=1S/C21H31FO12/c1-11(23)30-10-16-18(31-12(2)24)19(32-13(3)25)20(33-14(4)26)21(34-16)29-8-6-7-15(22)9-17(27)28-5/h15-16,18-21H,6-10H2,1-5H3/t15?,16-,18+,19?,20-,21+/m1/s1. The first-order valence-electron chi connectivity index (χ1n) is 10.6. The molecule has 0 aromatic heterocycles. The molecular weight excluding hydrogens is 463 g/mol. The van der Waals surface area contributed by atoms with Crippen LogP contribution in [-0.4, -0.2) is 87.0 Å². The number of methoxy groups -OCH3 is 1. The second-order valence-corrected chi connectivity index (χ2v) is 7.46.